The quantitative estimate of drug-likeness (QED) is 0.590. The van der Waals surface area contributed by atoms with Crippen molar-refractivity contribution in [1.82, 2.24) is 15.1 Å². The van der Waals surface area contributed by atoms with Crippen LogP contribution in [0, 0.1) is 5.92 Å². The second-order valence-electron chi connectivity index (χ2n) is 4.34. The Morgan fingerprint density at radius 2 is 1.75 bits per heavy atom. The van der Waals surface area contributed by atoms with E-state index in [1.165, 1.54) is 0 Å². The van der Waals surface area contributed by atoms with Crippen LogP contribution in [-0.2, 0) is 4.79 Å². The summed E-state index contributed by atoms with van der Waals surface area (Å²) in [4.78, 5) is 26.4. The van der Waals surface area contributed by atoms with E-state index in [4.69, 9.17) is 5.73 Å². The molecule has 0 radical (unpaired) electrons. The first kappa shape index (κ1) is 11.2. The van der Waals surface area contributed by atoms with E-state index in [0.29, 0.717) is 26.2 Å². The second-order valence-corrected chi connectivity index (χ2v) is 4.34. The highest BCUT2D eigenvalue weighted by Crippen LogP contribution is 2.13. The van der Waals surface area contributed by atoms with Crippen LogP contribution in [-0.4, -0.2) is 61.0 Å². The van der Waals surface area contributed by atoms with Crippen molar-refractivity contribution in [3.05, 3.63) is 0 Å². The molecule has 2 saturated heterocycles. The molecule has 0 spiro atoms. The number of hydrogen-bond acceptors (Lipinski definition) is 3. The van der Waals surface area contributed by atoms with Crippen LogP contribution in [0.5, 0.6) is 0 Å². The summed E-state index contributed by atoms with van der Waals surface area (Å²) in [7, 11) is 0. The standard InChI is InChI=1S/C10H18N4O2/c11-10(16)14-5-3-13(4-6-14)9(15)8-1-2-12-7-8/h8,12H,1-7H2,(H2,11,16). The Morgan fingerprint density at radius 1 is 1.12 bits per heavy atom. The number of rotatable bonds is 1. The van der Waals surface area contributed by atoms with Crippen molar-refractivity contribution in [1.29, 1.82) is 0 Å². The fourth-order valence-electron chi connectivity index (χ4n) is 2.27. The van der Waals surface area contributed by atoms with Gasteiger partial charge in [-0.05, 0) is 13.0 Å². The average molecular weight is 226 g/mol. The first-order valence-corrected chi connectivity index (χ1v) is 5.72. The SMILES string of the molecule is NC(=O)N1CCN(C(=O)C2CCNC2)CC1. The lowest BCUT2D eigenvalue weighted by Gasteiger charge is -2.34. The van der Waals surface area contributed by atoms with Gasteiger partial charge in [-0.25, -0.2) is 4.79 Å². The predicted molar refractivity (Wildman–Crippen MR) is 58.7 cm³/mol. The number of primary amides is 1. The number of urea groups is 1. The largest absolute Gasteiger partial charge is 0.351 e. The third-order valence-corrected chi connectivity index (χ3v) is 3.31. The van der Waals surface area contributed by atoms with E-state index in [0.717, 1.165) is 19.5 Å². The summed E-state index contributed by atoms with van der Waals surface area (Å²) in [5.41, 5.74) is 5.18. The molecule has 0 saturated carbocycles. The van der Waals surface area contributed by atoms with Crippen LogP contribution >= 0.6 is 0 Å². The van der Waals surface area contributed by atoms with E-state index in [1.807, 2.05) is 4.90 Å². The molecule has 90 valence electrons. The van der Waals surface area contributed by atoms with Crippen LogP contribution in [0.15, 0.2) is 0 Å². The molecule has 0 aromatic heterocycles. The Hall–Kier alpha value is -1.30. The first-order chi connectivity index (χ1) is 7.68. The molecule has 6 nitrogen and oxygen atoms in total. The first-order valence-electron chi connectivity index (χ1n) is 5.72. The molecule has 2 aliphatic rings. The van der Waals surface area contributed by atoms with Gasteiger partial charge in [0.1, 0.15) is 0 Å². The molecule has 0 aromatic rings. The van der Waals surface area contributed by atoms with Crippen molar-refractivity contribution in [2.45, 2.75) is 6.42 Å². The molecule has 2 aliphatic heterocycles. The molecule has 1 atom stereocenters. The van der Waals surface area contributed by atoms with Gasteiger partial charge in [-0.3, -0.25) is 4.79 Å². The number of hydrogen-bond donors (Lipinski definition) is 2. The molecule has 3 amide bonds. The second kappa shape index (κ2) is 4.69. The zero-order chi connectivity index (χ0) is 11.5. The zero-order valence-corrected chi connectivity index (χ0v) is 9.32. The Morgan fingerprint density at radius 3 is 2.25 bits per heavy atom. The van der Waals surface area contributed by atoms with Crippen molar-refractivity contribution in [3.63, 3.8) is 0 Å². The summed E-state index contributed by atoms with van der Waals surface area (Å²) >= 11 is 0. The summed E-state index contributed by atoms with van der Waals surface area (Å²) in [6, 6.07) is -0.394. The fourth-order valence-corrected chi connectivity index (χ4v) is 2.27. The Labute approximate surface area is 94.7 Å². The lowest BCUT2D eigenvalue weighted by Crippen LogP contribution is -2.53. The number of nitrogens with one attached hydrogen (secondary N) is 1. The predicted octanol–water partition coefficient (Wildman–Crippen LogP) is -1.18. The van der Waals surface area contributed by atoms with E-state index < -0.39 is 6.03 Å². The van der Waals surface area contributed by atoms with Gasteiger partial charge >= 0.3 is 6.03 Å². The lowest BCUT2D eigenvalue weighted by molar-refractivity contribution is -0.136. The number of nitrogens with zero attached hydrogens (tertiary/aromatic N) is 2. The van der Waals surface area contributed by atoms with E-state index in [2.05, 4.69) is 5.32 Å². The van der Waals surface area contributed by atoms with Crippen molar-refractivity contribution in [2.24, 2.45) is 11.7 Å². The van der Waals surface area contributed by atoms with Crippen molar-refractivity contribution in [3.8, 4) is 0 Å². The molecule has 0 aromatic carbocycles. The van der Waals surface area contributed by atoms with Gasteiger partial charge in [0.05, 0.1) is 5.92 Å². The maximum Gasteiger partial charge on any atom is 0.314 e. The molecule has 16 heavy (non-hydrogen) atoms. The van der Waals surface area contributed by atoms with Crippen LogP contribution in [0.4, 0.5) is 4.79 Å². The minimum absolute atomic E-state index is 0.125. The van der Waals surface area contributed by atoms with Crippen LogP contribution < -0.4 is 11.1 Å². The van der Waals surface area contributed by atoms with E-state index in [-0.39, 0.29) is 11.8 Å². The summed E-state index contributed by atoms with van der Waals surface area (Å²) in [5.74, 6) is 0.342. The highest BCUT2D eigenvalue weighted by Gasteiger charge is 2.29. The van der Waals surface area contributed by atoms with Gasteiger partial charge in [0, 0.05) is 32.7 Å². The highest BCUT2D eigenvalue weighted by molar-refractivity contribution is 5.80. The smallest absolute Gasteiger partial charge is 0.314 e. The monoisotopic (exact) mass is 226 g/mol. The molecule has 2 fully saturated rings. The van der Waals surface area contributed by atoms with Gasteiger partial charge in [0.2, 0.25) is 5.91 Å². The Kier molecular flexibility index (Phi) is 3.28. The van der Waals surface area contributed by atoms with E-state index in [1.54, 1.807) is 4.90 Å². The van der Waals surface area contributed by atoms with Crippen LogP contribution in [0.3, 0.4) is 0 Å². The van der Waals surface area contributed by atoms with Crippen molar-refractivity contribution < 1.29 is 9.59 Å². The topological polar surface area (TPSA) is 78.7 Å². The summed E-state index contributed by atoms with van der Waals surface area (Å²) in [6.07, 6.45) is 0.925. The fraction of sp³-hybridized carbons (Fsp3) is 0.800. The minimum Gasteiger partial charge on any atom is -0.351 e. The van der Waals surface area contributed by atoms with Crippen molar-refractivity contribution >= 4 is 11.9 Å². The molecule has 6 heteroatoms. The summed E-state index contributed by atoms with van der Waals surface area (Å²) in [5, 5.41) is 3.19. The third kappa shape index (κ3) is 2.27. The van der Waals surface area contributed by atoms with Gasteiger partial charge in [-0.15, -0.1) is 0 Å². The van der Waals surface area contributed by atoms with Gasteiger partial charge in [-0.1, -0.05) is 0 Å². The van der Waals surface area contributed by atoms with Crippen LogP contribution in [0.25, 0.3) is 0 Å². The molecule has 2 heterocycles. The number of nitrogens with two attached hydrogens (primary N) is 1. The van der Waals surface area contributed by atoms with Crippen molar-refractivity contribution in [2.75, 3.05) is 39.3 Å². The van der Waals surface area contributed by atoms with Gasteiger partial charge < -0.3 is 20.9 Å². The molecular formula is C10H18N4O2. The number of carbonyl (C=O) groups excluding carboxylic acids is 2. The number of piperazine rings is 1. The molecule has 0 aliphatic carbocycles. The molecule has 3 N–H and O–H groups in total. The molecule has 2 rings (SSSR count). The van der Waals surface area contributed by atoms with E-state index in [9.17, 15) is 9.59 Å². The summed E-state index contributed by atoms with van der Waals surface area (Å²) in [6.45, 7) is 4.05. The summed E-state index contributed by atoms with van der Waals surface area (Å²) < 4.78 is 0. The van der Waals surface area contributed by atoms with Gasteiger partial charge in [0.15, 0.2) is 0 Å². The van der Waals surface area contributed by atoms with Crippen LogP contribution in [0.2, 0.25) is 0 Å². The van der Waals surface area contributed by atoms with Gasteiger partial charge in [0.25, 0.3) is 0 Å². The number of amides is 3. The van der Waals surface area contributed by atoms with Gasteiger partial charge in [-0.2, -0.15) is 0 Å². The normalized spacial score (nSPS) is 25.9. The van der Waals surface area contributed by atoms with Crippen LogP contribution in [0.1, 0.15) is 6.42 Å². The molecule has 0 bridgehead atoms. The Bertz CT molecular complexity index is 281. The molecule has 1 unspecified atom stereocenters. The molecular weight excluding hydrogens is 208 g/mol. The lowest BCUT2D eigenvalue weighted by atomic mass is 10.1. The van der Waals surface area contributed by atoms with E-state index >= 15 is 0 Å². The maximum absolute atomic E-state index is 12.0. The highest BCUT2D eigenvalue weighted by atomic mass is 16.2. The third-order valence-electron chi connectivity index (χ3n) is 3.31. The number of carbonyl (C=O) groups is 2. The Balaban J connectivity index is 1.84. The maximum atomic E-state index is 12.0. The minimum atomic E-state index is -0.394. The zero-order valence-electron chi connectivity index (χ0n) is 9.32. The average Bonchev–Trinajstić information content (AvgIpc) is 2.81.